The van der Waals surface area contributed by atoms with E-state index in [-0.39, 0.29) is 18.8 Å². The topological polar surface area (TPSA) is 136 Å². The van der Waals surface area contributed by atoms with E-state index >= 15 is 0 Å². The van der Waals surface area contributed by atoms with E-state index in [2.05, 4.69) is 5.32 Å². The number of hydrogen-bond donors (Lipinski definition) is 4. The van der Waals surface area contributed by atoms with Gasteiger partial charge in [0.05, 0.1) is 12.5 Å². The van der Waals surface area contributed by atoms with Crippen molar-refractivity contribution in [3.8, 4) is 0 Å². The maximum atomic E-state index is 11.6. The number of carboxylic acid groups (broad SMARTS) is 1. The van der Waals surface area contributed by atoms with Crippen molar-refractivity contribution in [1.82, 2.24) is 5.32 Å². The molecule has 0 rings (SSSR count). The van der Waals surface area contributed by atoms with Crippen LogP contribution in [0.4, 0.5) is 0 Å². The molecule has 0 heterocycles. The van der Waals surface area contributed by atoms with Gasteiger partial charge in [-0.15, -0.1) is 0 Å². The van der Waals surface area contributed by atoms with Gasteiger partial charge in [0.1, 0.15) is 0 Å². The maximum absolute atomic E-state index is 11.6. The average Bonchev–Trinajstić information content (AvgIpc) is 2.31. The number of rotatable bonds is 10. The van der Waals surface area contributed by atoms with Crippen molar-refractivity contribution < 1.29 is 19.5 Å². The summed E-state index contributed by atoms with van der Waals surface area (Å²) in [6.45, 7) is 4.45. The summed E-state index contributed by atoms with van der Waals surface area (Å²) in [5.74, 6) is -1.29. The highest BCUT2D eigenvalue weighted by Crippen LogP contribution is 2.20. The second-order valence-corrected chi connectivity index (χ2v) is 5.29. The highest BCUT2D eigenvalue weighted by Gasteiger charge is 2.18. The molecule has 0 aromatic carbocycles. The highest BCUT2D eigenvalue weighted by atomic mass is 16.4. The van der Waals surface area contributed by atoms with E-state index in [1.54, 1.807) is 0 Å². The standard InChI is InChI=1S/C13H25N3O4/c1-8(2)9(3-4-12(18)19)5-6-16-13(20)10(14)7-11(15)17/h8-10H,3-7,14H2,1-2H3,(H2,15,17)(H,16,20)(H,18,19). The van der Waals surface area contributed by atoms with Gasteiger partial charge in [0.25, 0.3) is 0 Å². The Labute approximate surface area is 119 Å². The molecule has 6 N–H and O–H groups in total. The molecule has 2 atom stereocenters. The van der Waals surface area contributed by atoms with Crippen molar-refractivity contribution in [2.45, 2.75) is 45.6 Å². The summed E-state index contributed by atoms with van der Waals surface area (Å²) >= 11 is 0. The Morgan fingerprint density at radius 2 is 1.80 bits per heavy atom. The first-order chi connectivity index (χ1) is 9.23. The minimum absolute atomic E-state index is 0.123. The van der Waals surface area contributed by atoms with E-state index in [4.69, 9.17) is 16.6 Å². The van der Waals surface area contributed by atoms with Crippen LogP contribution in [0.2, 0.25) is 0 Å². The zero-order chi connectivity index (χ0) is 15.7. The quantitative estimate of drug-likeness (QED) is 0.442. The number of carbonyl (C=O) groups is 3. The monoisotopic (exact) mass is 287 g/mol. The molecular formula is C13H25N3O4. The zero-order valence-corrected chi connectivity index (χ0v) is 12.1. The Balaban J connectivity index is 4.07. The Kier molecular flexibility index (Phi) is 8.54. The van der Waals surface area contributed by atoms with Gasteiger partial charge < -0.3 is 21.9 Å². The van der Waals surface area contributed by atoms with E-state index < -0.39 is 23.8 Å². The van der Waals surface area contributed by atoms with Crippen molar-refractivity contribution in [3.63, 3.8) is 0 Å². The average molecular weight is 287 g/mol. The molecule has 0 aromatic heterocycles. The lowest BCUT2D eigenvalue weighted by Crippen LogP contribution is -2.43. The van der Waals surface area contributed by atoms with Gasteiger partial charge in [0.15, 0.2) is 0 Å². The fraction of sp³-hybridized carbons (Fsp3) is 0.769. The number of nitrogens with two attached hydrogens (primary N) is 2. The van der Waals surface area contributed by atoms with Crippen molar-refractivity contribution in [3.05, 3.63) is 0 Å². The van der Waals surface area contributed by atoms with Crippen molar-refractivity contribution in [2.24, 2.45) is 23.3 Å². The van der Waals surface area contributed by atoms with Gasteiger partial charge in [-0.3, -0.25) is 14.4 Å². The van der Waals surface area contributed by atoms with Gasteiger partial charge in [-0.1, -0.05) is 13.8 Å². The molecule has 0 spiro atoms. The van der Waals surface area contributed by atoms with Crippen LogP contribution < -0.4 is 16.8 Å². The summed E-state index contributed by atoms with van der Waals surface area (Å²) in [7, 11) is 0. The summed E-state index contributed by atoms with van der Waals surface area (Å²) in [5.41, 5.74) is 10.5. The molecule has 7 nitrogen and oxygen atoms in total. The van der Waals surface area contributed by atoms with Crippen molar-refractivity contribution in [2.75, 3.05) is 6.54 Å². The van der Waals surface area contributed by atoms with Gasteiger partial charge in [0.2, 0.25) is 11.8 Å². The molecular weight excluding hydrogens is 262 g/mol. The van der Waals surface area contributed by atoms with E-state index in [0.717, 1.165) is 0 Å². The molecule has 0 aromatic rings. The first-order valence-electron chi connectivity index (χ1n) is 6.77. The number of amides is 2. The normalized spacial score (nSPS) is 13.8. The SMILES string of the molecule is CC(C)C(CCNC(=O)C(N)CC(N)=O)CCC(=O)O. The van der Waals surface area contributed by atoms with Crippen LogP contribution in [0.25, 0.3) is 0 Å². The fourth-order valence-electron chi connectivity index (χ4n) is 1.94. The minimum atomic E-state index is -0.927. The highest BCUT2D eigenvalue weighted by molar-refractivity contribution is 5.87. The third-order valence-corrected chi connectivity index (χ3v) is 3.24. The van der Waals surface area contributed by atoms with E-state index in [1.165, 1.54) is 0 Å². The van der Waals surface area contributed by atoms with Gasteiger partial charge in [-0.25, -0.2) is 0 Å². The van der Waals surface area contributed by atoms with Crippen molar-refractivity contribution in [1.29, 1.82) is 0 Å². The summed E-state index contributed by atoms with van der Waals surface area (Å²) in [6, 6.07) is -0.927. The van der Waals surface area contributed by atoms with Crippen LogP contribution in [0.1, 0.15) is 39.5 Å². The molecule has 0 saturated carbocycles. The third-order valence-electron chi connectivity index (χ3n) is 3.24. The van der Waals surface area contributed by atoms with Gasteiger partial charge >= 0.3 is 5.97 Å². The molecule has 7 heteroatoms. The molecule has 0 saturated heterocycles. The fourth-order valence-corrected chi connectivity index (χ4v) is 1.94. The first kappa shape index (κ1) is 18.4. The number of hydrogen-bond acceptors (Lipinski definition) is 4. The van der Waals surface area contributed by atoms with E-state index in [1.807, 2.05) is 13.8 Å². The van der Waals surface area contributed by atoms with Crippen LogP contribution >= 0.6 is 0 Å². The number of carboxylic acids is 1. The molecule has 0 aliphatic carbocycles. The first-order valence-corrected chi connectivity index (χ1v) is 6.77. The molecule has 116 valence electrons. The smallest absolute Gasteiger partial charge is 0.303 e. The van der Waals surface area contributed by atoms with Crippen LogP contribution in [-0.4, -0.2) is 35.5 Å². The van der Waals surface area contributed by atoms with Crippen molar-refractivity contribution >= 4 is 17.8 Å². The van der Waals surface area contributed by atoms with Crippen LogP contribution in [0.5, 0.6) is 0 Å². The second-order valence-electron chi connectivity index (χ2n) is 5.29. The Morgan fingerprint density at radius 3 is 2.25 bits per heavy atom. The Hall–Kier alpha value is -1.63. The van der Waals surface area contributed by atoms with Gasteiger partial charge in [-0.2, -0.15) is 0 Å². The van der Waals surface area contributed by atoms with Crippen LogP contribution in [0.3, 0.4) is 0 Å². The lowest BCUT2D eigenvalue weighted by Gasteiger charge is -2.20. The Morgan fingerprint density at radius 1 is 1.20 bits per heavy atom. The lowest BCUT2D eigenvalue weighted by molar-refractivity contribution is -0.137. The number of carbonyl (C=O) groups excluding carboxylic acids is 2. The summed E-state index contributed by atoms with van der Waals surface area (Å²) in [4.78, 5) is 32.8. The van der Waals surface area contributed by atoms with E-state index in [9.17, 15) is 14.4 Å². The molecule has 0 aliphatic heterocycles. The molecule has 0 radical (unpaired) electrons. The number of primary amides is 1. The lowest BCUT2D eigenvalue weighted by atomic mass is 9.88. The van der Waals surface area contributed by atoms with Crippen LogP contribution in [0.15, 0.2) is 0 Å². The zero-order valence-electron chi connectivity index (χ0n) is 12.1. The maximum Gasteiger partial charge on any atom is 0.303 e. The van der Waals surface area contributed by atoms with Gasteiger partial charge in [-0.05, 0) is 24.7 Å². The van der Waals surface area contributed by atoms with E-state index in [0.29, 0.717) is 25.3 Å². The number of aliphatic carboxylic acids is 1. The predicted molar refractivity (Wildman–Crippen MR) is 74.6 cm³/mol. The largest absolute Gasteiger partial charge is 0.481 e. The van der Waals surface area contributed by atoms with Gasteiger partial charge in [0, 0.05) is 13.0 Å². The van der Waals surface area contributed by atoms with Crippen LogP contribution in [-0.2, 0) is 14.4 Å². The minimum Gasteiger partial charge on any atom is -0.481 e. The third kappa shape index (κ3) is 8.47. The summed E-state index contributed by atoms with van der Waals surface area (Å²) < 4.78 is 0. The second kappa shape index (κ2) is 9.30. The molecule has 20 heavy (non-hydrogen) atoms. The predicted octanol–water partition coefficient (Wildman–Crippen LogP) is -0.168. The molecule has 2 amide bonds. The number of nitrogens with one attached hydrogen (secondary N) is 1. The van der Waals surface area contributed by atoms with Crippen LogP contribution in [0, 0.1) is 11.8 Å². The molecule has 2 unspecified atom stereocenters. The Bertz CT molecular complexity index is 345. The molecule has 0 fully saturated rings. The molecule has 0 bridgehead atoms. The summed E-state index contributed by atoms with van der Waals surface area (Å²) in [6.07, 6.45) is 1.20. The summed E-state index contributed by atoms with van der Waals surface area (Å²) in [5, 5.41) is 11.3. The molecule has 0 aliphatic rings.